The van der Waals surface area contributed by atoms with E-state index in [2.05, 4.69) is 37.2 Å². The maximum atomic E-state index is 9.97. The van der Waals surface area contributed by atoms with Crippen LogP contribution in [0, 0.1) is 19.8 Å². The van der Waals surface area contributed by atoms with E-state index in [1.54, 1.807) is 0 Å². The minimum absolute atomic E-state index is 0.0972. The van der Waals surface area contributed by atoms with Crippen molar-refractivity contribution in [2.75, 3.05) is 0 Å². The Bertz CT molecular complexity index is 570. The van der Waals surface area contributed by atoms with Crippen LogP contribution in [0.2, 0.25) is 0 Å². The van der Waals surface area contributed by atoms with Gasteiger partial charge in [0.15, 0.2) is 0 Å². The first-order chi connectivity index (χ1) is 8.66. The normalized spacial score (nSPS) is 23.9. The van der Waals surface area contributed by atoms with Crippen molar-refractivity contribution >= 4 is 10.9 Å². The Hall–Kier alpha value is -1.28. The van der Waals surface area contributed by atoms with Gasteiger partial charge in [-0.15, -0.1) is 0 Å². The molecule has 0 saturated heterocycles. The smallest absolute Gasteiger partial charge is 0.0571 e. The molecule has 2 N–H and O–H groups in total. The minimum Gasteiger partial charge on any atom is -0.393 e. The number of aliphatic hydroxyl groups is 1. The molecule has 3 rings (SSSR count). The van der Waals surface area contributed by atoms with Crippen molar-refractivity contribution in [1.82, 2.24) is 4.98 Å². The molecule has 2 nitrogen and oxygen atoms in total. The predicted octanol–water partition coefficient (Wildman–Crippen LogP) is 3.49. The topological polar surface area (TPSA) is 36.0 Å². The molecule has 1 fully saturated rings. The molecule has 2 aromatic rings. The fourth-order valence-corrected chi connectivity index (χ4v) is 3.34. The zero-order chi connectivity index (χ0) is 12.7. The number of benzene rings is 1. The largest absolute Gasteiger partial charge is 0.393 e. The van der Waals surface area contributed by atoms with Crippen LogP contribution in [-0.2, 0) is 6.42 Å². The Morgan fingerprint density at radius 2 is 2.00 bits per heavy atom. The Kier molecular flexibility index (Phi) is 2.90. The van der Waals surface area contributed by atoms with Crippen molar-refractivity contribution in [3.05, 3.63) is 35.0 Å². The number of hydrogen-bond acceptors (Lipinski definition) is 1. The summed E-state index contributed by atoms with van der Waals surface area (Å²) in [4.78, 5) is 3.40. The molecule has 0 spiro atoms. The Labute approximate surface area is 108 Å². The molecule has 0 aliphatic heterocycles. The molecule has 2 unspecified atom stereocenters. The third kappa shape index (κ3) is 1.85. The molecule has 2 heteroatoms. The van der Waals surface area contributed by atoms with Crippen LogP contribution in [0.1, 0.15) is 36.0 Å². The van der Waals surface area contributed by atoms with E-state index < -0.39 is 0 Å². The average Bonchev–Trinajstić information content (AvgIpc) is 2.93. The number of rotatable bonds is 2. The summed E-state index contributed by atoms with van der Waals surface area (Å²) in [5.74, 6) is 0.448. The summed E-state index contributed by atoms with van der Waals surface area (Å²) in [6.45, 7) is 4.32. The fraction of sp³-hybridized carbons (Fsp3) is 0.500. The highest BCUT2D eigenvalue weighted by Crippen LogP contribution is 2.32. The molecule has 0 amide bonds. The van der Waals surface area contributed by atoms with Gasteiger partial charge in [0.1, 0.15) is 0 Å². The van der Waals surface area contributed by atoms with E-state index in [1.807, 2.05) is 0 Å². The maximum Gasteiger partial charge on any atom is 0.0571 e. The van der Waals surface area contributed by atoms with Crippen LogP contribution in [0.3, 0.4) is 0 Å². The van der Waals surface area contributed by atoms with Gasteiger partial charge in [-0.05, 0) is 55.7 Å². The lowest BCUT2D eigenvalue weighted by atomic mass is 9.94. The van der Waals surface area contributed by atoms with Gasteiger partial charge in [-0.3, -0.25) is 0 Å². The number of aliphatic hydroxyl groups excluding tert-OH is 1. The van der Waals surface area contributed by atoms with Crippen LogP contribution >= 0.6 is 0 Å². The molecule has 0 bridgehead atoms. The van der Waals surface area contributed by atoms with Crippen molar-refractivity contribution in [2.45, 2.75) is 45.6 Å². The first-order valence-electron chi connectivity index (χ1n) is 6.91. The van der Waals surface area contributed by atoms with Gasteiger partial charge in [-0.25, -0.2) is 0 Å². The first-order valence-corrected chi connectivity index (χ1v) is 6.91. The zero-order valence-electron chi connectivity index (χ0n) is 11.2. The van der Waals surface area contributed by atoms with Gasteiger partial charge in [-0.1, -0.05) is 18.6 Å². The summed E-state index contributed by atoms with van der Waals surface area (Å²) in [5.41, 5.74) is 5.27. The molecule has 2 atom stereocenters. The molecule has 96 valence electrons. The van der Waals surface area contributed by atoms with Gasteiger partial charge in [0.2, 0.25) is 0 Å². The van der Waals surface area contributed by atoms with Crippen LogP contribution < -0.4 is 0 Å². The second-order valence-electron chi connectivity index (χ2n) is 5.73. The third-order valence-electron chi connectivity index (χ3n) is 4.43. The van der Waals surface area contributed by atoms with E-state index in [-0.39, 0.29) is 6.10 Å². The monoisotopic (exact) mass is 243 g/mol. The Morgan fingerprint density at radius 1 is 1.22 bits per heavy atom. The van der Waals surface area contributed by atoms with Gasteiger partial charge in [-0.2, -0.15) is 0 Å². The lowest BCUT2D eigenvalue weighted by Gasteiger charge is -2.14. The molecule has 1 aromatic carbocycles. The highest BCUT2D eigenvalue weighted by molar-refractivity contribution is 5.88. The van der Waals surface area contributed by atoms with Crippen LogP contribution in [0.15, 0.2) is 18.3 Å². The second-order valence-corrected chi connectivity index (χ2v) is 5.73. The van der Waals surface area contributed by atoms with E-state index >= 15 is 0 Å². The van der Waals surface area contributed by atoms with E-state index in [0.717, 1.165) is 12.8 Å². The molecule has 1 aliphatic carbocycles. The number of H-pyrrole nitrogens is 1. The first kappa shape index (κ1) is 11.8. The maximum absolute atomic E-state index is 9.97. The lowest BCUT2D eigenvalue weighted by molar-refractivity contribution is 0.133. The summed E-state index contributed by atoms with van der Waals surface area (Å²) >= 11 is 0. The molecule has 1 heterocycles. The van der Waals surface area contributed by atoms with Crippen LogP contribution in [0.5, 0.6) is 0 Å². The van der Waals surface area contributed by atoms with Crippen molar-refractivity contribution in [3.63, 3.8) is 0 Å². The molecule has 1 aromatic heterocycles. The average molecular weight is 243 g/mol. The SMILES string of the molecule is Cc1ccc(C)c2c(CC3CCCC3O)c[nH]c12. The summed E-state index contributed by atoms with van der Waals surface area (Å²) < 4.78 is 0. The lowest BCUT2D eigenvalue weighted by Crippen LogP contribution is -2.15. The summed E-state index contributed by atoms with van der Waals surface area (Å²) in [7, 11) is 0. The van der Waals surface area contributed by atoms with E-state index in [9.17, 15) is 5.11 Å². The summed E-state index contributed by atoms with van der Waals surface area (Å²) in [6.07, 6.45) is 6.36. The number of aryl methyl sites for hydroxylation is 2. The number of fused-ring (bicyclic) bond motifs is 1. The van der Waals surface area contributed by atoms with Gasteiger partial charge in [0, 0.05) is 17.1 Å². The third-order valence-corrected chi connectivity index (χ3v) is 4.43. The fourth-order valence-electron chi connectivity index (χ4n) is 3.34. The van der Waals surface area contributed by atoms with Crippen molar-refractivity contribution < 1.29 is 5.11 Å². The number of aromatic amines is 1. The van der Waals surface area contributed by atoms with E-state index in [4.69, 9.17) is 0 Å². The van der Waals surface area contributed by atoms with Gasteiger partial charge in [0.05, 0.1) is 6.10 Å². The molecule has 1 saturated carbocycles. The van der Waals surface area contributed by atoms with Gasteiger partial charge in [0.25, 0.3) is 0 Å². The summed E-state index contributed by atoms with van der Waals surface area (Å²) in [5, 5.41) is 11.3. The standard InChI is InChI=1S/C16H21NO/c1-10-6-7-11(2)16-15(10)13(9-17-16)8-12-4-3-5-14(12)18/h6-7,9,12,14,17-18H,3-5,8H2,1-2H3. The van der Waals surface area contributed by atoms with Gasteiger partial charge >= 0.3 is 0 Å². The number of aromatic nitrogens is 1. The van der Waals surface area contributed by atoms with E-state index in [0.29, 0.717) is 5.92 Å². The Morgan fingerprint density at radius 3 is 2.72 bits per heavy atom. The molecular formula is C16H21NO. The van der Waals surface area contributed by atoms with Crippen molar-refractivity contribution in [2.24, 2.45) is 5.92 Å². The quantitative estimate of drug-likeness (QED) is 0.832. The second kappa shape index (κ2) is 4.43. The van der Waals surface area contributed by atoms with Crippen LogP contribution in [-0.4, -0.2) is 16.2 Å². The van der Waals surface area contributed by atoms with E-state index in [1.165, 1.54) is 40.4 Å². The number of hydrogen-bond donors (Lipinski definition) is 2. The molecule has 0 radical (unpaired) electrons. The molecule has 1 aliphatic rings. The van der Waals surface area contributed by atoms with Crippen LogP contribution in [0.4, 0.5) is 0 Å². The van der Waals surface area contributed by atoms with Crippen molar-refractivity contribution in [1.29, 1.82) is 0 Å². The molecule has 18 heavy (non-hydrogen) atoms. The zero-order valence-corrected chi connectivity index (χ0v) is 11.2. The Balaban J connectivity index is 2.00. The number of nitrogens with one attached hydrogen (secondary N) is 1. The van der Waals surface area contributed by atoms with Crippen molar-refractivity contribution in [3.8, 4) is 0 Å². The highest BCUT2D eigenvalue weighted by atomic mass is 16.3. The molecular weight excluding hydrogens is 222 g/mol. The predicted molar refractivity (Wildman–Crippen MR) is 74.8 cm³/mol. The summed E-state index contributed by atoms with van der Waals surface area (Å²) in [6, 6.07) is 4.36. The van der Waals surface area contributed by atoms with Gasteiger partial charge < -0.3 is 10.1 Å². The minimum atomic E-state index is -0.0972. The highest BCUT2D eigenvalue weighted by Gasteiger charge is 2.26. The van der Waals surface area contributed by atoms with Crippen LogP contribution in [0.25, 0.3) is 10.9 Å².